The Kier molecular flexibility index (Phi) is 59.4. The van der Waals surface area contributed by atoms with Crippen molar-refractivity contribution in [2.75, 3.05) is 13.2 Å². The standard InChI is InChI=1S/C64H127NO5/c1-3-5-7-9-11-13-14-15-16-17-25-29-32-35-38-42-46-50-54-58-64(69)70-59-55-51-47-43-39-36-33-30-27-24-22-20-18-19-21-23-26-28-31-34-37-41-45-49-53-57-63(68)65-61(60-66)62(67)56-52-48-44-40-12-10-8-6-4-2/h61-62,66-67H,3-60H2,1-2H3,(H,65,68). The number of nitrogens with one attached hydrogen (secondary N) is 1. The number of aliphatic hydroxyl groups is 2. The average molecular weight is 991 g/mol. The van der Waals surface area contributed by atoms with Crippen LogP contribution in [-0.4, -0.2) is 47.4 Å². The highest BCUT2D eigenvalue weighted by Crippen LogP contribution is 2.19. The number of ether oxygens (including phenoxy) is 1. The Morgan fingerprint density at radius 2 is 0.586 bits per heavy atom. The van der Waals surface area contributed by atoms with Crippen molar-refractivity contribution in [3.8, 4) is 0 Å². The summed E-state index contributed by atoms with van der Waals surface area (Å²) in [6, 6.07) is -0.536. The summed E-state index contributed by atoms with van der Waals surface area (Å²) < 4.78 is 5.51. The molecule has 0 aromatic rings. The molecule has 0 bridgehead atoms. The van der Waals surface area contributed by atoms with Gasteiger partial charge in [0.25, 0.3) is 0 Å². The first-order chi connectivity index (χ1) is 34.5. The fraction of sp³-hybridized carbons (Fsp3) is 0.969. The number of esters is 1. The molecule has 0 aliphatic carbocycles. The average Bonchev–Trinajstić information content (AvgIpc) is 3.36. The lowest BCUT2D eigenvalue weighted by Crippen LogP contribution is -2.45. The largest absolute Gasteiger partial charge is 0.466 e. The second kappa shape index (κ2) is 60.4. The molecule has 6 nitrogen and oxygen atoms in total. The van der Waals surface area contributed by atoms with Crippen LogP contribution in [-0.2, 0) is 14.3 Å². The lowest BCUT2D eigenvalue weighted by atomic mass is 10.0. The van der Waals surface area contributed by atoms with Gasteiger partial charge in [-0.2, -0.15) is 0 Å². The minimum atomic E-state index is -0.659. The van der Waals surface area contributed by atoms with Gasteiger partial charge in [-0.3, -0.25) is 9.59 Å². The molecule has 0 rings (SSSR count). The smallest absolute Gasteiger partial charge is 0.305 e. The van der Waals surface area contributed by atoms with Gasteiger partial charge in [0.05, 0.1) is 25.4 Å². The zero-order valence-electron chi connectivity index (χ0n) is 47.8. The first kappa shape index (κ1) is 68.9. The van der Waals surface area contributed by atoms with Crippen molar-refractivity contribution in [3.05, 3.63) is 0 Å². The predicted molar refractivity (Wildman–Crippen MR) is 306 cm³/mol. The molecular weight excluding hydrogens is 863 g/mol. The van der Waals surface area contributed by atoms with Crippen LogP contribution < -0.4 is 5.32 Å². The molecule has 2 atom stereocenters. The topological polar surface area (TPSA) is 95.9 Å². The van der Waals surface area contributed by atoms with Crippen LogP contribution in [0.15, 0.2) is 0 Å². The second-order valence-electron chi connectivity index (χ2n) is 22.5. The summed E-state index contributed by atoms with van der Waals surface area (Å²) in [6.07, 6.45) is 71.4. The van der Waals surface area contributed by atoms with Gasteiger partial charge in [0, 0.05) is 12.8 Å². The Morgan fingerprint density at radius 3 is 0.871 bits per heavy atom. The van der Waals surface area contributed by atoms with Gasteiger partial charge in [-0.1, -0.05) is 335 Å². The van der Waals surface area contributed by atoms with Crippen LogP contribution in [0.4, 0.5) is 0 Å². The highest BCUT2D eigenvalue weighted by molar-refractivity contribution is 5.76. The van der Waals surface area contributed by atoms with Gasteiger partial charge in [0.15, 0.2) is 0 Å². The van der Waals surface area contributed by atoms with Crippen LogP contribution in [0.3, 0.4) is 0 Å². The molecule has 0 radical (unpaired) electrons. The van der Waals surface area contributed by atoms with Crippen molar-refractivity contribution < 1.29 is 24.5 Å². The highest BCUT2D eigenvalue weighted by Gasteiger charge is 2.20. The van der Waals surface area contributed by atoms with Crippen molar-refractivity contribution >= 4 is 11.9 Å². The van der Waals surface area contributed by atoms with Gasteiger partial charge < -0.3 is 20.3 Å². The maximum absolute atomic E-state index is 12.4. The van der Waals surface area contributed by atoms with Crippen molar-refractivity contribution in [1.29, 1.82) is 0 Å². The van der Waals surface area contributed by atoms with E-state index in [0.717, 1.165) is 38.5 Å². The fourth-order valence-electron chi connectivity index (χ4n) is 10.5. The first-order valence-electron chi connectivity index (χ1n) is 32.3. The molecule has 1 amide bonds. The summed E-state index contributed by atoms with van der Waals surface area (Å²) in [7, 11) is 0. The van der Waals surface area contributed by atoms with E-state index in [0.29, 0.717) is 25.9 Å². The van der Waals surface area contributed by atoms with E-state index in [4.69, 9.17) is 4.74 Å². The Bertz CT molecular complexity index is 1010. The van der Waals surface area contributed by atoms with Crippen LogP contribution >= 0.6 is 0 Å². The third-order valence-electron chi connectivity index (χ3n) is 15.4. The van der Waals surface area contributed by atoms with E-state index in [9.17, 15) is 19.8 Å². The Labute approximate surface area is 438 Å². The van der Waals surface area contributed by atoms with Gasteiger partial charge in [0.2, 0.25) is 5.91 Å². The van der Waals surface area contributed by atoms with Gasteiger partial charge in [-0.15, -0.1) is 0 Å². The third kappa shape index (κ3) is 56.2. The van der Waals surface area contributed by atoms with Crippen molar-refractivity contribution in [2.45, 2.75) is 386 Å². The molecule has 0 aromatic carbocycles. The zero-order valence-corrected chi connectivity index (χ0v) is 47.8. The Balaban J connectivity index is 3.29. The predicted octanol–water partition coefficient (Wildman–Crippen LogP) is 20.3. The molecule has 0 aliphatic rings. The van der Waals surface area contributed by atoms with Crippen LogP contribution in [0.1, 0.15) is 373 Å². The molecule has 70 heavy (non-hydrogen) atoms. The van der Waals surface area contributed by atoms with Crippen LogP contribution in [0.25, 0.3) is 0 Å². The maximum Gasteiger partial charge on any atom is 0.305 e. The zero-order chi connectivity index (χ0) is 50.7. The maximum atomic E-state index is 12.4. The number of amides is 1. The second-order valence-corrected chi connectivity index (χ2v) is 22.5. The monoisotopic (exact) mass is 990 g/mol. The molecular formula is C64H127NO5. The van der Waals surface area contributed by atoms with Crippen molar-refractivity contribution in [1.82, 2.24) is 5.32 Å². The molecule has 0 saturated carbocycles. The Hall–Kier alpha value is -1.14. The minimum Gasteiger partial charge on any atom is -0.466 e. The quantitative estimate of drug-likeness (QED) is 0.0417. The van der Waals surface area contributed by atoms with Gasteiger partial charge in [-0.05, 0) is 25.7 Å². The Morgan fingerprint density at radius 1 is 0.343 bits per heavy atom. The molecule has 0 aliphatic heterocycles. The van der Waals surface area contributed by atoms with Crippen LogP contribution in [0.5, 0.6) is 0 Å². The first-order valence-corrected chi connectivity index (χ1v) is 32.3. The van der Waals surface area contributed by atoms with E-state index < -0.39 is 12.1 Å². The highest BCUT2D eigenvalue weighted by atomic mass is 16.5. The van der Waals surface area contributed by atoms with Crippen LogP contribution in [0, 0.1) is 0 Å². The third-order valence-corrected chi connectivity index (χ3v) is 15.4. The number of hydrogen-bond acceptors (Lipinski definition) is 5. The molecule has 0 saturated heterocycles. The lowest BCUT2D eigenvalue weighted by Gasteiger charge is -2.22. The van der Waals surface area contributed by atoms with E-state index in [1.165, 1.54) is 302 Å². The van der Waals surface area contributed by atoms with Gasteiger partial charge in [0.1, 0.15) is 0 Å². The fourth-order valence-corrected chi connectivity index (χ4v) is 10.5. The summed E-state index contributed by atoms with van der Waals surface area (Å²) >= 11 is 0. The van der Waals surface area contributed by atoms with E-state index in [1.54, 1.807) is 0 Å². The number of hydrogen-bond donors (Lipinski definition) is 3. The van der Waals surface area contributed by atoms with Gasteiger partial charge >= 0.3 is 5.97 Å². The van der Waals surface area contributed by atoms with Crippen LogP contribution in [0.2, 0.25) is 0 Å². The number of carbonyl (C=O) groups is 2. The number of aliphatic hydroxyl groups excluding tert-OH is 2. The van der Waals surface area contributed by atoms with E-state index in [2.05, 4.69) is 19.2 Å². The molecule has 2 unspecified atom stereocenters. The summed E-state index contributed by atoms with van der Waals surface area (Å²) in [5, 5.41) is 23.1. The molecule has 0 fully saturated rings. The molecule has 0 spiro atoms. The molecule has 6 heteroatoms. The van der Waals surface area contributed by atoms with E-state index >= 15 is 0 Å². The molecule has 0 aromatic heterocycles. The molecule has 0 heterocycles. The molecule has 3 N–H and O–H groups in total. The number of unbranched alkanes of at least 4 members (excludes halogenated alkanes) is 50. The van der Waals surface area contributed by atoms with Gasteiger partial charge in [-0.25, -0.2) is 0 Å². The normalized spacial score (nSPS) is 12.5. The van der Waals surface area contributed by atoms with E-state index in [1.807, 2.05) is 0 Å². The minimum absolute atomic E-state index is 0.0221. The summed E-state index contributed by atoms with van der Waals surface area (Å²) in [4.78, 5) is 24.5. The van der Waals surface area contributed by atoms with Crippen molar-refractivity contribution in [2.24, 2.45) is 0 Å². The summed E-state index contributed by atoms with van der Waals surface area (Å²) in [5.74, 6) is -0.0115. The number of rotatable bonds is 61. The van der Waals surface area contributed by atoms with Crippen molar-refractivity contribution in [3.63, 3.8) is 0 Å². The summed E-state index contributed by atoms with van der Waals surface area (Å²) in [5.41, 5.74) is 0. The molecule has 418 valence electrons. The summed E-state index contributed by atoms with van der Waals surface area (Å²) in [6.45, 7) is 4.97. The number of carbonyl (C=O) groups excluding carboxylic acids is 2. The lowest BCUT2D eigenvalue weighted by molar-refractivity contribution is -0.143. The SMILES string of the molecule is CCCCCCCCCCCCCCCCCCCCCC(=O)OCCCCCCCCCCCCCCCCCCCCCCCCCCCC(=O)NC(CO)C(O)CCCCCCCCCCC. The van der Waals surface area contributed by atoms with E-state index in [-0.39, 0.29) is 18.5 Å².